The molecule has 66 valence electrons. The van der Waals surface area contributed by atoms with Crippen molar-refractivity contribution in [1.82, 2.24) is 5.48 Å². The fourth-order valence-electron chi connectivity index (χ4n) is 0.385. The van der Waals surface area contributed by atoms with Crippen molar-refractivity contribution in [3.63, 3.8) is 0 Å². The van der Waals surface area contributed by atoms with Crippen LogP contribution in [0.15, 0.2) is 0 Å². The predicted molar refractivity (Wildman–Crippen MR) is 49.3 cm³/mol. The zero-order valence-corrected chi connectivity index (χ0v) is 8.97. The Balaban J connectivity index is 3.53. The van der Waals surface area contributed by atoms with Crippen LogP contribution in [-0.4, -0.2) is 16.3 Å². The smallest absolute Gasteiger partial charge is 0.431 e. The minimum absolute atomic E-state index is 0.400. The van der Waals surface area contributed by atoms with E-state index in [0.29, 0.717) is 4.61 Å². The maximum atomic E-state index is 10.8. The summed E-state index contributed by atoms with van der Waals surface area (Å²) in [6.45, 7) is 5.36. The molecule has 4 nitrogen and oxygen atoms in total. The second-order valence-electron chi connectivity index (χ2n) is 2.86. The van der Waals surface area contributed by atoms with Gasteiger partial charge in [-0.3, -0.25) is 4.84 Å². The van der Waals surface area contributed by atoms with E-state index in [9.17, 15) is 4.79 Å². The number of carbonyl (C=O) groups is 1. The number of halogens is 1. The molecule has 0 spiro atoms. The van der Waals surface area contributed by atoms with Crippen molar-refractivity contribution in [2.45, 2.75) is 26.4 Å². The summed E-state index contributed by atoms with van der Waals surface area (Å²) < 4.78 is 5.26. The lowest BCUT2D eigenvalue weighted by Crippen LogP contribution is -2.32. The van der Waals surface area contributed by atoms with E-state index in [-0.39, 0.29) is 0 Å². The monoisotopic (exact) mass is 273 g/mol. The van der Waals surface area contributed by atoms with Crippen LogP contribution in [0, 0.1) is 0 Å². The number of nitrogens with one attached hydrogen (secondary N) is 1. The first-order valence-electron chi connectivity index (χ1n) is 3.12. The summed E-state index contributed by atoms with van der Waals surface area (Å²) in [6, 6.07) is 0. The molecule has 0 unspecified atom stereocenters. The van der Waals surface area contributed by atoms with Crippen LogP contribution in [-0.2, 0) is 9.57 Å². The number of amides is 1. The van der Waals surface area contributed by atoms with Crippen molar-refractivity contribution in [2.24, 2.45) is 0 Å². The Morgan fingerprint density at radius 3 is 2.45 bits per heavy atom. The molecule has 0 saturated carbocycles. The Bertz CT molecular complexity index is 132. The molecule has 0 fully saturated rings. The van der Waals surface area contributed by atoms with Gasteiger partial charge in [0, 0.05) is 0 Å². The SMILES string of the molecule is CC(C)(C)OC(=O)NOCI. The van der Waals surface area contributed by atoms with Crippen molar-refractivity contribution in [3.05, 3.63) is 0 Å². The second kappa shape index (κ2) is 4.76. The number of alkyl halides is 1. The summed E-state index contributed by atoms with van der Waals surface area (Å²) in [6.07, 6.45) is -0.561. The van der Waals surface area contributed by atoms with Gasteiger partial charge in [0.15, 0.2) is 0 Å². The second-order valence-corrected chi connectivity index (χ2v) is 3.48. The summed E-state index contributed by atoms with van der Waals surface area (Å²) in [7, 11) is 0. The normalized spacial score (nSPS) is 10.9. The Kier molecular flexibility index (Phi) is 4.74. The first-order valence-corrected chi connectivity index (χ1v) is 4.65. The van der Waals surface area contributed by atoms with E-state index in [2.05, 4.69) is 10.3 Å². The van der Waals surface area contributed by atoms with Gasteiger partial charge in [-0.25, -0.2) is 4.79 Å². The van der Waals surface area contributed by atoms with Gasteiger partial charge in [-0.2, -0.15) is 5.48 Å². The van der Waals surface area contributed by atoms with Gasteiger partial charge in [0.05, 0.1) is 0 Å². The van der Waals surface area contributed by atoms with E-state index in [4.69, 9.17) is 4.74 Å². The summed E-state index contributed by atoms with van der Waals surface area (Å²) >= 11 is 1.97. The van der Waals surface area contributed by atoms with E-state index in [1.165, 1.54) is 0 Å². The lowest BCUT2D eigenvalue weighted by molar-refractivity contribution is 0.00704. The molecule has 1 amide bonds. The third-order valence-corrected chi connectivity index (χ3v) is 0.920. The minimum atomic E-state index is -0.561. The lowest BCUT2D eigenvalue weighted by atomic mass is 10.2. The van der Waals surface area contributed by atoms with E-state index in [0.717, 1.165) is 0 Å². The van der Waals surface area contributed by atoms with E-state index >= 15 is 0 Å². The average Bonchev–Trinajstić information content (AvgIpc) is 1.79. The highest BCUT2D eigenvalue weighted by Crippen LogP contribution is 2.06. The van der Waals surface area contributed by atoms with Crippen LogP contribution in [0.1, 0.15) is 20.8 Å². The third-order valence-electron chi connectivity index (χ3n) is 0.609. The van der Waals surface area contributed by atoms with Crippen LogP contribution in [0.5, 0.6) is 0 Å². The van der Waals surface area contributed by atoms with Crippen LogP contribution in [0.25, 0.3) is 0 Å². The average molecular weight is 273 g/mol. The molecular weight excluding hydrogens is 261 g/mol. The topological polar surface area (TPSA) is 47.6 Å². The lowest BCUT2D eigenvalue weighted by Gasteiger charge is -2.18. The number of rotatable bonds is 2. The van der Waals surface area contributed by atoms with Gasteiger partial charge in [-0.05, 0) is 20.8 Å². The predicted octanol–water partition coefficient (Wildman–Crippen LogP) is 1.84. The maximum absolute atomic E-state index is 10.8. The number of hydrogen-bond donors (Lipinski definition) is 1. The van der Waals surface area contributed by atoms with Gasteiger partial charge < -0.3 is 4.74 Å². The number of carbonyl (C=O) groups excluding carboxylic acids is 1. The van der Waals surface area contributed by atoms with Crippen molar-refractivity contribution in [3.8, 4) is 0 Å². The fraction of sp³-hybridized carbons (Fsp3) is 0.833. The molecule has 0 aliphatic heterocycles. The van der Waals surface area contributed by atoms with Gasteiger partial charge >= 0.3 is 6.09 Å². The van der Waals surface area contributed by atoms with E-state index in [1.807, 2.05) is 22.6 Å². The molecule has 0 aromatic rings. The van der Waals surface area contributed by atoms with Crippen molar-refractivity contribution < 1.29 is 14.4 Å². The first kappa shape index (κ1) is 11.0. The quantitative estimate of drug-likeness (QED) is 0.474. The molecule has 0 rings (SSSR count). The molecule has 0 heterocycles. The van der Waals surface area contributed by atoms with Gasteiger partial charge in [0.2, 0.25) is 0 Å². The highest BCUT2D eigenvalue weighted by atomic mass is 127. The minimum Gasteiger partial charge on any atom is -0.442 e. The molecule has 0 radical (unpaired) electrons. The van der Waals surface area contributed by atoms with Gasteiger partial charge in [-0.1, -0.05) is 22.6 Å². The zero-order valence-electron chi connectivity index (χ0n) is 6.81. The molecule has 0 saturated heterocycles. The Morgan fingerprint density at radius 2 is 2.09 bits per heavy atom. The third kappa shape index (κ3) is 7.86. The molecule has 1 N–H and O–H groups in total. The molecule has 0 bridgehead atoms. The molecule has 0 aromatic heterocycles. The molecule has 0 aliphatic rings. The maximum Gasteiger partial charge on any atom is 0.431 e. The Labute approximate surface area is 79.7 Å². The summed E-state index contributed by atoms with van der Waals surface area (Å²) in [5.74, 6) is 0. The van der Waals surface area contributed by atoms with Crippen molar-refractivity contribution >= 4 is 28.7 Å². The summed E-state index contributed by atoms with van der Waals surface area (Å²) in [4.78, 5) is 15.4. The Hall–Kier alpha value is -0.0400. The van der Waals surface area contributed by atoms with Crippen LogP contribution >= 0.6 is 22.6 Å². The first-order chi connectivity index (χ1) is 4.95. The van der Waals surface area contributed by atoms with Crippen molar-refractivity contribution in [1.29, 1.82) is 0 Å². The van der Waals surface area contributed by atoms with Crippen LogP contribution in [0.2, 0.25) is 0 Å². The van der Waals surface area contributed by atoms with Crippen molar-refractivity contribution in [2.75, 3.05) is 4.61 Å². The van der Waals surface area contributed by atoms with E-state index in [1.54, 1.807) is 20.8 Å². The zero-order chi connectivity index (χ0) is 8.91. The summed E-state index contributed by atoms with van der Waals surface area (Å²) in [5.41, 5.74) is 1.65. The summed E-state index contributed by atoms with van der Waals surface area (Å²) in [5, 5.41) is 0. The molecule has 0 atom stereocenters. The van der Waals surface area contributed by atoms with Crippen LogP contribution in [0.3, 0.4) is 0 Å². The molecule has 5 heteroatoms. The molecular formula is C6H12INO3. The van der Waals surface area contributed by atoms with Gasteiger partial charge in [0.25, 0.3) is 0 Å². The largest absolute Gasteiger partial charge is 0.442 e. The highest BCUT2D eigenvalue weighted by Gasteiger charge is 2.15. The number of hydrogen-bond acceptors (Lipinski definition) is 3. The number of hydroxylamine groups is 1. The van der Waals surface area contributed by atoms with Gasteiger partial charge in [0.1, 0.15) is 10.2 Å². The van der Waals surface area contributed by atoms with Gasteiger partial charge in [-0.15, -0.1) is 0 Å². The molecule has 0 aliphatic carbocycles. The fourth-order valence-corrected chi connectivity index (χ4v) is 0.541. The Morgan fingerprint density at radius 1 is 1.55 bits per heavy atom. The van der Waals surface area contributed by atoms with Crippen LogP contribution < -0.4 is 5.48 Å². The van der Waals surface area contributed by atoms with Crippen LogP contribution in [0.4, 0.5) is 4.79 Å². The molecule has 0 aromatic carbocycles. The number of ether oxygens (including phenoxy) is 1. The standard InChI is InChI=1S/C6H12INO3/c1-6(2,3)11-5(9)8-10-4-7/h4H2,1-3H3,(H,8,9). The highest BCUT2D eigenvalue weighted by molar-refractivity contribution is 14.1. The molecule has 11 heavy (non-hydrogen) atoms. The van der Waals surface area contributed by atoms with E-state index < -0.39 is 11.7 Å².